The Morgan fingerprint density at radius 3 is 2.81 bits per heavy atom. The largest absolute Gasteiger partial charge is 0.380 e. The summed E-state index contributed by atoms with van der Waals surface area (Å²) >= 11 is 0. The fraction of sp³-hybridized carbons (Fsp3) is 0.381. The number of carbonyl (C=O) groups is 1. The fourth-order valence-electron chi connectivity index (χ4n) is 3.93. The van der Waals surface area contributed by atoms with E-state index in [0.717, 1.165) is 16.8 Å². The number of amides is 1. The van der Waals surface area contributed by atoms with Crippen LogP contribution in [0, 0.1) is 0 Å². The first-order valence-electron chi connectivity index (χ1n) is 9.17. The zero-order chi connectivity index (χ0) is 18.9. The molecule has 2 aliphatic heterocycles. The number of carbonyl (C=O) groups excluding carboxylic acids is 1. The molecule has 0 radical (unpaired) electrons. The summed E-state index contributed by atoms with van der Waals surface area (Å²) in [7, 11) is 1.53. The lowest BCUT2D eigenvalue weighted by Crippen LogP contribution is -2.56. The van der Waals surface area contributed by atoms with Crippen LogP contribution in [-0.4, -0.2) is 43.1 Å². The van der Waals surface area contributed by atoms with E-state index >= 15 is 0 Å². The van der Waals surface area contributed by atoms with E-state index < -0.39 is 17.9 Å². The minimum atomic E-state index is -1.16. The highest BCUT2D eigenvalue weighted by atomic mass is 16.5. The molecule has 0 aromatic heterocycles. The monoisotopic (exact) mass is 368 g/mol. The van der Waals surface area contributed by atoms with Gasteiger partial charge in [0.15, 0.2) is 6.23 Å². The number of ether oxygens (including phenoxy) is 2. The van der Waals surface area contributed by atoms with Gasteiger partial charge in [0.2, 0.25) is 5.91 Å². The van der Waals surface area contributed by atoms with E-state index in [1.165, 1.54) is 7.11 Å². The Labute approximate surface area is 158 Å². The molecule has 2 aromatic carbocycles. The van der Waals surface area contributed by atoms with Crippen LogP contribution in [0.25, 0.3) is 0 Å². The van der Waals surface area contributed by atoms with Crippen molar-refractivity contribution in [3.63, 3.8) is 0 Å². The summed E-state index contributed by atoms with van der Waals surface area (Å²) in [6, 6.07) is 17.1. The van der Waals surface area contributed by atoms with Gasteiger partial charge >= 0.3 is 0 Å². The summed E-state index contributed by atoms with van der Waals surface area (Å²) < 4.78 is 11.2. The van der Waals surface area contributed by atoms with E-state index in [1.54, 1.807) is 0 Å². The fourth-order valence-corrected chi connectivity index (χ4v) is 3.93. The second-order valence-electron chi connectivity index (χ2n) is 7.15. The lowest BCUT2D eigenvalue weighted by Gasteiger charge is -2.39. The molecule has 0 saturated carbocycles. The highest BCUT2D eigenvalue weighted by molar-refractivity contribution is 5.81. The van der Waals surface area contributed by atoms with Crippen LogP contribution in [0.2, 0.25) is 0 Å². The second-order valence-corrected chi connectivity index (χ2v) is 7.15. The molecule has 1 fully saturated rings. The summed E-state index contributed by atoms with van der Waals surface area (Å²) in [5, 5.41) is 17.4. The topological polar surface area (TPSA) is 79.8 Å². The molecular weight excluding hydrogens is 344 g/mol. The number of hydrogen-bond donors (Lipinski definition) is 3. The molecule has 0 bridgehead atoms. The minimum absolute atomic E-state index is 0.198. The van der Waals surface area contributed by atoms with Gasteiger partial charge < -0.3 is 25.2 Å². The van der Waals surface area contributed by atoms with Crippen molar-refractivity contribution in [3.05, 3.63) is 65.7 Å². The van der Waals surface area contributed by atoms with Crippen molar-refractivity contribution in [1.82, 2.24) is 5.32 Å². The average Bonchev–Trinajstić information content (AvgIpc) is 2.98. The number of hydrogen-bond acceptors (Lipinski definition) is 5. The smallest absolute Gasteiger partial charge is 0.249 e. The molecule has 142 valence electrons. The van der Waals surface area contributed by atoms with E-state index in [-0.39, 0.29) is 11.9 Å². The number of anilines is 1. The number of rotatable bonds is 5. The van der Waals surface area contributed by atoms with E-state index in [9.17, 15) is 9.90 Å². The standard InChI is InChI=1S/C21H24N2O4/c1-26-18(11-14-7-3-2-4-8-14)19(24)22-15-12-21(25)16-9-5-6-10-17(16)23-20(21)27-13-15/h2-10,15,18,20,23,25H,11-13H2,1H3,(H,22,24)/t15-,18-,20-,21+/m0/s1. The van der Waals surface area contributed by atoms with Crippen LogP contribution in [0.5, 0.6) is 0 Å². The molecule has 6 nitrogen and oxygen atoms in total. The van der Waals surface area contributed by atoms with Crippen molar-refractivity contribution in [1.29, 1.82) is 0 Å². The van der Waals surface area contributed by atoms with Crippen molar-refractivity contribution in [3.8, 4) is 0 Å². The molecule has 27 heavy (non-hydrogen) atoms. The van der Waals surface area contributed by atoms with Gasteiger partial charge in [0.25, 0.3) is 0 Å². The van der Waals surface area contributed by atoms with Gasteiger partial charge in [-0.1, -0.05) is 48.5 Å². The van der Waals surface area contributed by atoms with Gasteiger partial charge in [0, 0.05) is 31.2 Å². The van der Waals surface area contributed by atoms with Gasteiger partial charge in [-0.3, -0.25) is 4.79 Å². The third-order valence-electron chi connectivity index (χ3n) is 5.32. The molecule has 0 unspecified atom stereocenters. The first kappa shape index (κ1) is 18.0. The molecule has 2 heterocycles. The SMILES string of the molecule is CO[C@@H](Cc1ccccc1)C(=O)N[C@@H]1CO[C@@H]2Nc3ccccc3[C@]2(O)C1. The van der Waals surface area contributed by atoms with Crippen molar-refractivity contribution < 1.29 is 19.4 Å². The van der Waals surface area contributed by atoms with Crippen molar-refractivity contribution in [2.45, 2.75) is 36.8 Å². The molecule has 2 aliphatic rings. The van der Waals surface area contributed by atoms with Crippen LogP contribution in [0.4, 0.5) is 5.69 Å². The van der Waals surface area contributed by atoms with Crippen LogP contribution >= 0.6 is 0 Å². The van der Waals surface area contributed by atoms with Crippen molar-refractivity contribution in [2.75, 3.05) is 19.0 Å². The Morgan fingerprint density at radius 1 is 1.30 bits per heavy atom. The number of methoxy groups -OCH3 is 1. The first-order chi connectivity index (χ1) is 13.1. The molecule has 2 aromatic rings. The third kappa shape index (κ3) is 3.43. The average molecular weight is 368 g/mol. The van der Waals surface area contributed by atoms with E-state index in [0.29, 0.717) is 19.4 Å². The first-order valence-corrected chi connectivity index (χ1v) is 9.17. The Kier molecular flexibility index (Phi) is 4.86. The highest BCUT2D eigenvalue weighted by Gasteiger charge is 2.51. The van der Waals surface area contributed by atoms with Gasteiger partial charge in [-0.25, -0.2) is 0 Å². The molecule has 1 saturated heterocycles. The summed E-state index contributed by atoms with van der Waals surface area (Å²) in [4.78, 5) is 12.7. The van der Waals surface area contributed by atoms with Crippen molar-refractivity contribution >= 4 is 11.6 Å². The molecule has 0 aliphatic carbocycles. The minimum Gasteiger partial charge on any atom is -0.380 e. The van der Waals surface area contributed by atoms with E-state index in [4.69, 9.17) is 9.47 Å². The predicted octanol–water partition coefficient (Wildman–Crippen LogP) is 1.79. The Balaban J connectivity index is 1.43. The Morgan fingerprint density at radius 2 is 2.04 bits per heavy atom. The maximum Gasteiger partial charge on any atom is 0.249 e. The summed E-state index contributed by atoms with van der Waals surface area (Å²) in [5.41, 5.74) is 1.55. The summed E-state index contributed by atoms with van der Waals surface area (Å²) in [6.45, 7) is 0.335. The normalized spacial score (nSPS) is 27.2. The maximum absolute atomic E-state index is 12.7. The van der Waals surface area contributed by atoms with E-state index in [2.05, 4.69) is 10.6 Å². The highest BCUT2D eigenvalue weighted by Crippen LogP contribution is 2.44. The molecule has 0 spiro atoms. The maximum atomic E-state index is 12.7. The number of benzene rings is 2. The zero-order valence-corrected chi connectivity index (χ0v) is 15.2. The predicted molar refractivity (Wildman–Crippen MR) is 101 cm³/mol. The molecule has 4 atom stereocenters. The molecule has 4 rings (SSSR count). The van der Waals surface area contributed by atoms with Crippen LogP contribution < -0.4 is 10.6 Å². The van der Waals surface area contributed by atoms with E-state index in [1.807, 2.05) is 54.6 Å². The van der Waals surface area contributed by atoms with Gasteiger partial charge in [-0.2, -0.15) is 0 Å². The molecule has 1 amide bonds. The third-order valence-corrected chi connectivity index (χ3v) is 5.32. The van der Waals surface area contributed by atoms with Gasteiger partial charge in [0.05, 0.1) is 12.6 Å². The number of para-hydroxylation sites is 1. The van der Waals surface area contributed by atoms with Gasteiger partial charge in [-0.05, 0) is 11.6 Å². The Bertz CT molecular complexity index is 813. The Hall–Kier alpha value is -2.41. The lowest BCUT2D eigenvalue weighted by molar-refractivity contribution is -0.150. The summed E-state index contributed by atoms with van der Waals surface area (Å²) in [5.74, 6) is -0.198. The van der Waals surface area contributed by atoms with Crippen LogP contribution in [0.3, 0.4) is 0 Å². The lowest BCUT2D eigenvalue weighted by atomic mass is 9.86. The number of fused-ring (bicyclic) bond motifs is 3. The zero-order valence-electron chi connectivity index (χ0n) is 15.2. The molecule has 3 N–H and O–H groups in total. The van der Waals surface area contributed by atoms with Gasteiger partial charge in [0.1, 0.15) is 11.7 Å². The van der Waals surface area contributed by atoms with Crippen LogP contribution in [0.1, 0.15) is 17.5 Å². The second kappa shape index (κ2) is 7.31. The van der Waals surface area contributed by atoms with Crippen LogP contribution in [-0.2, 0) is 26.3 Å². The molecular formula is C21H24N2O4. The number of nitrogens with one attached hydrogen (secondary N) is 2. The van der Waals surface area contributed by atoms with Crippen molar-refractivity contribution in [2.24, 2.45) is 0 Å². The number of aliphatic hydroxyl groups is 1. The quantitative estimate of drug-likeness (QED) is 0.750. The molecule has 6 heteroatoms. The van der Waals surface area contributed by atoms with Crippen LogP contribution in [0.15, 0.2) is 54.6 Å². The van der Waals surface area contributed by atoms with Gasteiger partial charge in [-0.15, -0.1) is 0 Å². The summed E-state index contributed by atoms with van der Waals surface area (Å²) in [6.07, 6.45) is -0.206.